The average Bonchev–Trinajstić information content (AvgIpc) is 2.34. The van der Waals surface area contributed by atoms with Gasteiger partial charge in [-0.3, -0.25) is 4.79 Å². The lowest BCUT2D eigenvalue weighted by molar-refractivity contribution is 0.102. The fraction of sp³-hybridized carbons (Fsp3) is 0.333. The standard InChI is InChI=1S/C6H6ClNOS/c1-4-6(5(9)2-7)10-3-8-4/h3H,2H2,1H3. The number of Topliss-reactive ketones (excluding diaryl/α,β-unsaturated/α-hetero) is 1. The number of hydrogen-bond acceptors (Lipinski definition) is 3. The van der Waals surface area contributed by atoms with Gasteiger partial charge in [-0.1, -0.05) is 0 Å². The van der Waals surface area contributed by atoms with Crippen LogP contribution < -0.4 is 0 Å². The van der Waals surface area contributed by atoms with Crippen molar-refractivity contribution < 1.29 is 4.79 Å². The number of nitrogens with zero attached hydrogens (tertiary/aromatic N) is 1. The Hall–Kier alpha value is -0.410. The van der Waals surface area contributed by atoms with E-state index in [1.54, 1.807) is 12.4 Å². The smallest absolute Gasteiger partial charge is 0.189 e. The van der Waals surface area contributed by atoms with Gasteiger partial charge in [0.25, 0.3) is 0 Å². The van der Waals surface area contributed by atoms with Crippen LogP contribution in [0.4, 0.5) is 0 Å². The molecule has 0 atom stereocenters. The summed E-state index contributed by atoms with van der Waals surface area (Å²) in [6.07, 6.45) is 0. The van der Waals surface area contributed by atoms with Gasteiger partial charge < -0.3 is 0 Å². The summed E-state index contributed by atoms with van der Waals surface area (Å²) in [5.74, 6) is 0.00455. The second kappa shape index (κ2) is 3.12. The maximum atomic E-state index is 10.9. The Labute approximate surface area is 67.9 Å². The van der Waals surface area contributed by atoms with Crippen molar-refractivity contribution in [2.24, 2.45) is 0 Å². The number of aromatic nitrogens is 1. The van der Waals surface area contributed by atoms with Gasteiger partial charge in [0.1, 0.15) is 0 Å². The van der Waals surface area contributed by atoms with E-state index in [2.05, 4.69) is 4.98 Å². The highest BCUT2D eigenvalue weighted by atomic mass is 35.5. The first kappa shape index (κ1) is 7.69. The molecule has 0 spiro atoms. The molecule has 0 aliphatic carbocycles. The molecule has 4 heteroatoms. The molecule has 0 aliphatic heterocycles. The highest BCUT2D eigenvalue weighted by Crippen LogP contribution is 2.12. The van der Waals surface area contributed by atoms with E-state index >= 15 is 0 Å². The molecule has 2 nitrogen and oxygen atoms in total. The van der Waals surface area contributed by atoms with Gasteiger partial charge in [0.15, 0.2) is 5.78 Å². The molecule has 0 radical (unpaired) electrons. The van der Waals surface area contributed by atoms with E-state index in [0.29, 0.717) is 4.88 Å². The maximum Gasteiger partial charge on any atom is 0.189 e. The molecule has 0 N–H and O–H groups in total. The van der Waals surface area contributed by atoms with Crippen molar-refractivity contribution in [2.75, 3.05) is 5.88 Å². The van der Waals surface area contributed by atoms with E-state index in [4.69, 9.17) is 11.6 Å². The van der Waals surface area contributed by atoms with Gasteiger partial charge >= 0.3 is 0 Å². The highest BCUT2D eigenvalue weighted by Gasteiger charge is 2.08. The highest BCUT2D eigenvalue weighted by molar-refractivity contribution is 7.12. The quantitative estimate of drug-likeness (QED) is 0.508. The molecule has 0 aliphatic rings. The largest absolute Gasteiger partial charge is 0.292 e. The Bertz CT molecular complexity index is 246. The van der Waals surface area contributed by atoms with Gasteiger partial charge in [0.2, 0.25) is 0 Å². The number of aryl methyl sites for hydroxylation is 1. The number of alkyl halides is 1. The van der Waals surface area contributed by atoms with Crippen LogP contribution in [0.1, 0.15) is 15.4 Å². The zero-order valence-electron chi connectivity index (χ0n) is 5.43. The predicted molar refractivity (Wildman–Crippen MR) is 41.9 cm³/mol. The summed E-state index contributed by atoms with van der Waals surface area (Å²) in [6.45, 7) is 1.80. The minimum absolute atomic E-state index is 0.0401. The predicted octanol–water partition coefficient (Wildman–Crippen LogP) is 1.87. The van der Waals surface area contributed by atoms with Crippen LogP contribution in [0.2, 0.25) is 0 Å². The first-order valence-corrected chi connectivity index (χ1v) is 4.16. The molecule has 1 aromatic heterocycles. The fourth-order valence-electron chi connectivity index (χ4n) is 0.630. The minimum atomic E-state index is -0.0401. The molecule has 1 heterocycles. The maximum absolute atomic E-state index is 10.9. The van der Waals surface area contributed by atoms with Crippen LogP contribution in [0.25, 0.3) is 0 Å². The van der Waals surface area contributed by atoms with Crippen LogP contribution in [0.5, 0.6) is 0 Å². The molecule has 1 rings (SSSR count). The summed E-state index contributed by atoms with van der Waals surface area (Å²) in [5.41, 5.74) is 2.42. The van der Waals surface area contributed by atoms with Gasteiger partial charge in [-0.25, -0.2) is 4.98 Å². The summed E-state index contributed by atoms with van der Waals surface area (Å²) in [6, 6.07) is 0. The van der Waals surface area contributed by atoms with E-state index < -0.39 is 0 Å². The third-order valence-electron chi connectivity index (χ3n) is 1.12. The van der Waals surface area contributed by atoms with E-state index in [9.17, 15) is 4.79 Å². The van der Waals surface area contributed by atoms with Crippen LogP contribution >= 0.6 is 22.9 Å². The summed E-state index contributed by atoms with van der Waals surface area (Å²) in [4.78, 5) is 15.5. The number of ketones is 1. The number of thiazole rings is 1. The minimum Gasteiger partial charge on any atom is -0.292 e. The van der Waals surface area contributed by atoms with Crippen LogP contribution in [0.3, 0.4) is 0 Å². The second-order valence-corrected chi connectivity index (χ2v) is 2.95. The first-order valence-electron chi connectivity index (χ1n) is 2.75. The van der Waals surface area contributed by atoms with Gasteiger partial charge in [0, 0.05) is 0 Å². The SMILES string of the molecule is Cc1ncsc1C(=O)CCl. The van der Waals surface area contributed by atoms with Crippen molar-refractivity contribution in [1.82, 2.24) is 4.98 Å². The fourth-order valence-corrected chi connectivity index (χ4v) is 1.59. The van der Waals surface area contributed by atoms with E-state index in [1.807, 2.05) is 0 Å². The molecule has 0 saturated heterocycles. The Morgan fingerprint density at radius 3 is 3.00 bits per heavy atom. The number of rotatable bonds is 2. The molecule has 1 aromatic rings. The third kappa shape index (κ3) is 1.36. The zero-order chi connectivity index (χ0) is 7.56. The molecule has 54 valence electrons. The lowest BCUT2D eigenvalue weighted by Gasteiger charge is -1.89. The number of hydrogen-bond donors (Lipinski definition) is 0. The van der Waals surface area contributed by atoms with Crippen LogP contribution in [0, 0.1) is 6.92 Å². The molecule has 0 bridgehead atoms. The third-order valence-corrected chi connectivity index (χ3v) is 2.33. The molecule has 0 unspecified atom stereocenters. The van der Waals surface area contributed by atoms with E-state index in [1.165, 1.54) is 11.3 Å². The average molecular weight is 176 g/mol. The van der Waals surface area contributed by atoms with E-state index in [-0.39, 0.29) is 11.7 Å². The molecular weight excluding hydrogens is 170 g/mol. The molecule has 0 saturated carbocycles. The van der Waals surface area contributed by atoms with Crippen molar-refractivity contribution in [2.45, 2.75) is 6.92 Å². The Kier molecular flexibility index (Phi) is 2.40. The van der Waals surface area contributed by atoms with Crippen LogP contribution in [0.15, 0.2) is 5.51 Å². The Morgan fingerprint density at radius 1 is 1.90 bits per heavy atom. The van der Waals surface area contributed by atoms with Crippen molar-refractivity contribution in [3.05, 3.63) is 16.1 Å². The number of halogens is 1. The molecule has 0 fully saturated rings. The van der Waals surface area contributed by atoms with Crippen molar-refractivity contribution >= 4 is 28.7 Å². The lowest BCUT2D eigenvalue weighted by atomic mass is 10.3. The van der Waals surface area contributed by atoms with Gasteiger partial charge in [-0.15, -0.1) is 22.9 Å². The van der Waals surface area contributed by atoms with Crippen molar-refractivity contribution in [1.29, 1.82) is 0 Å². The second-order valence-electron chi connectivity index (χ2n) is 1.82. The molecule has 0 aromatic carbocycles. The molecule has 10 heavy (non-hydrogen) atoms. The van der Waals surface area contributed by atoms with E-state index in [0.717, 1.165) is 5.69 Å². The first-order chi connectivity index (χ1) is 4.75. The summed E-state index contributed by atoms with van der Waals surface area (Å²) in [5, 5.41) is 0. The molecular formula is C6H6ClNOS. The van der Waals surface area contributed by atoms with Crippen LogP contribution in [-0.4, -0.2) is 16.6 Å². The summed E-state index contributed by atoms with van der Waals surface area (Å²) < 4.78 is 0. The Morgan fingerprint density at radius 2 is 2.60 bits per heavy atom. The topological polar surface area (TPSA) is 30.0 Å². The Balaban J connectivity index is 2.93. The number of carbonyl (C=O) groups excluding carboxylic acids is 1. The summed E-state index contributed by atoms with van der Waals surface area (Å²) >= 11 is 6.68. The lowest BCUT2D eigenvalue weighted by Crippen LogP contribution is -1.98. The molecule has 0 amide bonds. The monoisotopic (exact) mass is 175 g/mol. The summed E-state index contributed by atoms with van der Waals surface area (Å²) in [7, 11) is 0. The van der Waals surface area contributed by atoms with Crippen molar-refractivity contribution in [3.63, 3.8) is 0 Å². The number of carbonyl (C=O) groups is 1. The normalized spacial score (nSPS) is 9.80. The van der Waals surface area contributed by atoms with Gasteiger partial charge in [0.05, 0.1) is 22.0 Å². The van der Waals surface area contributed by atoms with Crippen LogP contribution in [-0.2, 0) is 0 Å². The van der Waals surface area contributed by atoms with Crippen molar-refractivity contribution in [3.8, 4) is 0 Å². The van der Waals surface area contributed by atoms with Gasteiger partial charge in [-0.2, -0.15) is 0 Å². The van der Waals surface area contributed by atoms with Gasteiger partial charge in [-0.05, 0) is 6.92 Å². The zero-order valence-corrected chi connectivity index (χ0v) is 7.00.